The van der Waals surface area contributed by atoms with Crippen molar-refractivity contribution in [3.8, 4) is 11.3 Å². The Labute approximate surface area is 145 Å². The lowest BCUT2D eigenvalue weighted by molar-refractivity contribution is -0.384. The molecule has 0 saturated carbocycles. The molecule has 0 fully saturated rings. The van der Waals surface area contributed by atoms with Gasteiger partial charge in [0.2, 0.25) is 0 Å². The molecule has 0 bridgehead atoms. The highest BCUT2D eigenvalue weighted by molar-refractivity contribution is 5.80. The number of aliphatic imine (C=N–C) groups is 1. The molecule has 0 aliphatic rings. The first-order chi connectivity index (χ1) is 11.9. The van der Waals surface area contributed by atoms with Crippen molar-refractivity contribution in [1.29, 1.82) is 0 Å². The van der Waals surface area contributed by atoms with Crippen molar-refractivity contribution in [2.24, 2.45) is 4.99 Å². The van der Waals surface area contributed by atoms with E-state index in [-0.39, 0.29) is 5.69 Å². The van der Waals surface area contributed by atoms with Gasteiger partial charge in [0.25, 0.3) is 5.69 Å². The standard InChI is InChI=1S/C20H18N2O3/c1-13-4-8-19(15(3)10-13)21-12-17-7-9-20(25-17)18-11-16(22(23)24)6-5-14(18)2/h4-12H,1-3H3. The van der Waals surface area contributed by atoms with Gasteiger partial charge in [0.05, 0.1) is 16.8 Å². The highest BCUT2D eigenvalue weighted by atomic mass is 16.6. The number of furan rings is 1. The predicted molar refractivity (Wildman–Crippen MR) is 98.7 cm³/mol. The summed E-state index contributed by atoms with van der Waals surface area (Å²) in [7, 11) is 0. The molecule has 5 heteroatoms. The molecular weight excluding hydrogens is 316 g/mol. The molecule has 126 valence electrons. The smallest absolute Gasteiger partial charge is 0.270 e. The number of aryl methyl sites for hydroxylation is 3. The number of hydrogen-bond acceptors (Lipinski definition) is 4. The Balaban J connectivity index is 1.89. The number of nitro groups is 1. The van der Waals surface area contributed by atoms with E-state index in [1.807, 2.05) is 32.9 Å². The van der Waals surface area contributed by atoms with Gasteiger partial charge in [-0.05, 0) is 50.1 Å². The van der Waals surface area contributed by atoms with E-state index in [0.717, 1.165) is 16.8 Å². The SMILES string of the molecule is Cc1ccc(N=Cc2ccc(-c3cc([N+](=O)[O-])ccc3C)o2)c(C)c1. The lowest BCUT2D eigenvalue weighted by atomic mass is 10.1. The van der Waals surface area contributed by atoms with Gasteiger partial charge in [-0.25, -0.2) is 0 Å². The molecule has 0 aliphatic carbocycles. The quantitative estimate of drug-likeness (QED) is 0.358. The summed E-state index contributed by atoms with van der Waals surface area (Å²) in [6.07, 6.45) is 1.66. The summed E-state index contributed by atoms with van der Waals surface area (Å²) in [5, 5.41) is 11.0. The van der Waals surface area contributed by atoms with Crippen molar-refractivity contribution in [3.05, 3.63) is 81.1 Å². The second-order valence-corrected chi connectivity index (χ2v) is 6.01. The van der Waals surface area contributed by atoms with Crippen LogP contribution in [0.25, 0.3) is 11.3 Å². The summed E-state index contributed by atoms with van der Waals surface area (Å²) in [4.78, 5) is 15.0. The zero-order chi connectivity index (χ0) is 18.0. The molecule has 0 unspecified atom stereocenters. The Morgan fingerprint density at radius 1 is 1.00 bits per heavy atom. The van der Waals surface area contributed by atoms with Crippen LogP contribution in [0.3, 0.4) is 0 Å². The van der Waals surface area contributed by atoms with Gasteiger partial charge in [-0.1, -0.05) is 23.8 Å². The Morgan fingerprint density at radius 2 is 1.80 bits per heavy atom. The topological polar surface area (TPSA) is 68.6 Å². The van der Waals surface area contributed by atoms with Crippen LogP contribution in [0.5, 0.6) is 0 Å². The second-order valence-electron chi connectivity index (χ2n) is 6.01. The zero-order valence-corrected chi connectivity index (χ0v) is 14.3. The molecule has 1 aromatic heterocycles. The van der Waals surface area contributed by atoms with Gasteiger partial charge in [-0.15, -0.1) is 0 Å². The maximum absolute atomic E-state index is 11.0. The molecule has 2 aromatic carbocycles. The molecule has 0 spiro atoms. The Morgan fingerprint density at radius 3 is 2.52 bits per heavy atom. The fraction of sp³-hybridized carbons (Fsp3) is 0.150. The average molecular weight is 334 g/mol. The first-order valence-electron chi connectivity index (χ1n) is 7.90. The van der Waals surface area contributed by atoms with Crippen LogP contribution in [-0.2, 0) is 0 Å². The third-order valence-corrected chi connectivity index (χ3v) is 4.01. The van der Waals surface area contributed by atoms with Gasteiger partial charge in [0, 0.05) is 17.7 Å². The van der Waals surface area contributed by atoms with E-state index < -0.39 is 4.92 Å². The summed E-state index contributed by atoms with van der Waals surface area (Å²) in [6, 6.07) is 14.4. The number of hydrogen-bond donors (Lipinski definition) is 0. The van der Waals surface area contributed by atoms with Crippen molar-refractivity contribution in [1.82, 2.24) is 0 Å². The van der Waals surface area contributed by atoms with Gasteiger partial charge >= 0.3 is 0 Å². The van der Waals surface area contributed by atoms with E-state index in [1.165, 1.54) is 17.7 Å². The van der Waals surface area contributed by atoms with Crippen LogP contribution in [-0.4, -0.2) is 11.1 Å². The lowest BCUT2D eigenvalue weighted by Gasteiger charge is -2.02. The molecule has 1 heterocycles. The van der Waals surface area contributed by atoms with Crippen molar-refractivity contribution >= 4 is 17.6 Å². The molecule has 0 N–H and O–H groups in total. The molecule has 0 atom stereocenters. The molecular formula is C20H18N2O3. The maximum Gasteiger partial charge on any atom is 0.270 e. The fourth-order valence-electron chi connectivity index (χ4n) is 2.64. The first-order valence-corrected chi connectivity index (χ1v) is 7.90. The Kier molecular flexibility index (Phi) is 4.48. The fourth-order valence-corrected chi connectivity index (χ4v) is 2.64. The average Bonchev–Trinajstić information content (AvgIpc) is 3.03. The monoisotopic (exact) mass is 334 g/mol. The van der Waals surface area contributed by atoms with Crippen LogP contribution >= 0.6 is 0 Å². The van der Waals surface area contributed by atoms with Gasteiger partial charge in [-0.2, -0.15) is 0 Å². The molecule has 3 rings (SSSR count). The van der Waals surface area contributed by atoms with Crippen molar-refractivity contribution < 1.29 is 9.34 Å². The number of nitro benzene ring substituents is 1. The van der Waals surface area contributed by atoms with Gasteiger partial charge in [-0.3, -0.25) is 15.1 Å². The van der Waals surface area contributed by atoms with Crippen molar-refractivity contribution in [3.63, 3.8) is 0 Å². The van der Waals surface area contributed by atoms with Crippen LogP contribution in [0.15, 0.2) is 57.9 Å². The van der Waals surface area contributed by atoms with E-state index in [1.54, 1.807) is 24.4 Å². The highest BCUT2D eigenvalue weighted by Crippen LogP contribution is 2.29. The predicted octanol–water partition coefficient (Wildman–Crippen LogP) is 5.53. The second kappa shape index (κ2) is 6.73. The number of non-ortho nitro benzene ring substituents is 1. The number of rotatable bonds is 4. The van der Waals surface area contributed by atoms with E-state index in [2.05, 4.69) is 11.1 Å². The summed E-state index contributed by atoms with van der Waals surface area (Å²) in [6.45, 7) is 5.95. The third-order valence-electron chi connectivity index (χ3n) is 4.01. The number of benzene rings is 2. The van der Waals surface area contributed by atoms with Crippen LogP contribution < -0.4 is 0 Å². The lowest BCUT2D eigenvalue weighted by Crippen LogP contribution is -1.90. The largest absolute Gasteiger partial charge is 0.455 e. The van der Waals surface area contributed by atoms with E-state index in [0.29, 0.717) is 17.1 Å². The van der Waals surface area contributed by atoms with E-state index in [4.69, 9.17) is 4.42 Å². The van der Waals surface area contributed by atoms with Crippen LogP contribution in [0.4, 0.5) is 11.4 Å². The van der Waals surface area contributed by atoms with E-state index in [9.17, 15) is 10.1 Å². The van der Waals surface area contributed by atoms with Gasteiger partial charge < -0.3 is 4.42 Å². The molecule has 0 saturated heterocycles. The highest BCUT2D eigenvalue weighted by Gasteiger charge is 2.12. The van der Waals surface area contributed by atoms with Crippen LogP contribution in [0, 0.1) is 30.9 Å². The van der Waals surface area contributed by atoms with E-state index >= 15 is 0 Å². The van der Waals surface area contributed by atoms with Crippen molar-refractivity contribution in [2.75, 3.05) is 0 Å². The maximum atomic E-state index is 11.0. The third kappa shape index (κ3) is 3.66. The minimum Gasteiger partial charge on any atom is -0.455 e. The molecule has 3 aromatic rings. The molecule has 25 heavy (non-hydrogen) atoms. The normalized spacial score (nSPS) is 11.2. The molecule has 5 nitrogen and oxygen atoms in total. The van der Waals surface area contributed by atoms with Gasteiger partial charge in [0.1, 0.15) is 11.5 Å². The molecule has 0 aliphatic heterocycles. The molecule has 0 radical (unpaired) electrons. The number of nitrogens with zero attached hydrogens (tertiary/aromatic N) is 2. The van der Waals surface area contributed by atoms with Crippen LogP contribution in [0.2, 0.25) is 0 Å². The minimum atomic E-state index is -0.408. The zero-order valence-electron chi connectivity index (χ0n) is 14.3. The molecule has 0 amide bonds. The summed E-state index contributed by atoms with van der Waals surface area (Å²) in [5.74, 6) is 1.18. The first kappa shape index (κ1) is 16.6. The Bertz CT molecular complexity index is 971. The Hall–Kier alpha value is -3.21. The van der Waals surface area contributed by atoms with Crippen LogP contribution in [0.1, 0.15) is 22.5 Å². The van der Waals surface area contributed by atoms with Crippen molar-refractivity contribution in [2.45, 2.75) is 20.8 Å². The van der Waals surface area contributed by atoms with Gasteiger partial charge in [0.15, 0.2) is 0 Å². The summed E-state index contributed by atoms with van der Waals surface area (Å²) in [5.41, 5.74) is 4.84. The minimum absolute atomic E-state index is 0.0440. The summed E-state index contributed by atoms with van der Waals surface area (Å²) < 4.78 is 5.80. The summed E-state index contributed by atoms with van der Waals surface area (Å²) >= 11 is 0.